The summed E-state index contributed by atoms with van der Waals surface area (Å²) in [6, 6.07) is 0. The van der Waals surface area contributed by atoms with Crippen LogP contribution >= 0.6 is 0 Å². The smallest absolute Gasteiger partial charge is 0.322 e. The SMILES string of the molecule is C=C1C=CC2C(=O)OC(=O)C2C1=C. The Kier molecular flexibility index (Phi) is 1.49. The second kappa shape index (κ2) is 2.42. The maximum Gasteiger partial charge on any atom is 0.322 e. The van der Waals surface area contributed by atoms with E-state index in [4.69, 9.17) is 0 Å². The molecule has 1 aliphatic heterocycles. The molecule has 1 aliphatic carbocycles. The number of hydrogen-bond donors (Lipinski definition) is 0. The fourth-order valence-corrected chi connectivity index (χ4v) is 1.59. The van der Waals surface area contributed by atoms with E-state index >= 15 is 0 Å². The number of hydrogen-bond acceptors (Lipinski definition) is 3. The molecule has 66 valence electrons. The summed E-state index contributed by atoms with van der Waals surface area (Å²) in [7, 11) is 0. The van der Waals surface area contributed by atoms with Gasteiger partial charge >= 0.3 is 11.9 Å². The van der Waals surface area contributed by atoms with E-state index in [0.717, 1.165) is 0 Å². The summed E-state index contributed by atoms with van der Waals surface area (Å²) in [6.45, 7) is 7.43. The number of cyclic esters (lactones) is 2. The average Bonchev–Trinajstić information content (AvgIpc) is 2.35. The van der Waals surface area contributed by atoms with E-state index in [1.54, 1.807) is 12.2 Å². The van der Waals surface area contributed by atoms with E-state index in [1.807, 2.05) is 0 Å². The van der Waals surface area contributed by atoms with Gasteiger partial charge in [-0.15, -0.1) is 0 Å². The van der Waals surface area contributed by atoms with E-state index in [9.17, 15) is 9.59 Å². The van der Waals surface area contributed by atoms with Gasteiger partial charge in [-0.2, -0.15) is 0 Å². The normalized spacial score (nSPS) is 32.0. The van der Waals surface area contributed by atoms with Crippen molar-refractivity contribution in [3.63, 3.8) is 0 Å². The van der Waals surface area contributed by atoms with Gasteiger partial charge in [-0.1, -0.05) is 25.3 Å². The lowest BCUT2D eigenvalue weighted by Gasteiger charge is -2.18. The van der Waals surface area contributed by atoms with Gasteiger partial charge in [-0.05, 0) is 11.1 Å². The van der Waals surface area contributed by atoms with Crippen molar-refractivity contribution in [3.05, 3.63) is 36.5 Å². The number of ether oxygens (including phenoxy) is 1. The first kappa shape index (κ1) is 7.98. The molecule has 0 aromatic heterocycles. The molecule has 0 amide bonds. The molecule has 2 unspecified atom stereocenters. The van der Waals surface area contributed by atoms with Crippen molar-refractivity contribution in [3.8, 4) is 0 Å². The largest absolute Gasteiger partial charge is 0.392 e. The van der Waals surface area contributed by atoms with Gasteiger partial charge in [0, 0.05) is 0 Å². The van der Waals surface area contributed by atoms with Crippen LogP contribution < -0.4 is 0 Å². The van der Waals surface area contributed by atoms with Gasteiger partial charge in [-0.3, -0.25) is 9.59 Å². The van der Waals surface area contributed by atoms with Crippen molar-refractivity contribution in [2.24, 2.45) is 11.8 Å². The number of fused-ring (bicyclic) bond motifs is 1. The molecule has 0 spiro atoms. The Labute approximate surface area is 75.4 Å². The summed E-state index contributed by atoms with van der Waals surface area (Å²) in [5, 5.41) is 0. The van der Waals surface area contributed by atoms with E-state index in [2.05, 4.69) is 17.9 Å². The Bertz CT molecular complexity index is 362. The number of rotatable bonds is 0. The van der Waals surface area contributed by atoms with E-state index in [-0.39, 0.29) is 0 Å². The molecule has 1 heterocycles. The molecule has 3 heteroatoms. The zero-order valence-corrected chi connectivity index (χ0v) is 6.95. The Balaban J connectivity index is 2.47. The molecule has 0 aromatic rings. The van der Waals surface area contributed by atoms with Crippen molar-refractivity contribution >= 4 is 11.9 Å². The molecule has 0 saturated carbocycles. The molecule has 0 aromatic carbocycles. The van der Waals surface area contributed by atoms with Crippen molar-refractivity contribution in [1.82, 2.24) is 0 Å². The highest BCUT2D eigenvalue weighted by Crippen LogP contribution is 2.37. The van der Waals surface area contributed by atoms with Crippen molar-refractivity contribution in [2.45, 2.75) is 0 Å². The first-order valence-electron chi connectivity index (χ1n) is 3.93. The van der Waals surface area contributed by atoms with Crippen LogP contribution in [-0.4, -0.2) is 11.9 Å². The zero-order chi connectivity index (χ0) is 9.59. The van der Waals surface area contributed by atoms with Crippen LogP contribution in [0, 0.1) is 11.8 Å². The lowest BCUT2D eigenvalue weighted by atomic mass is 9.80. The fourth-order valence-electron chi connectivity index (χ4n) is 1.59. The van der Waals surface area contributed by atoms with Crippen LogP contribution in [0.1, 0.15) is 0 Å². The lowest BCUT2D eigenvalue weighted by Crippen LogP contribution is -2.21. The summed E-state index contributed by atoms with van der Waals surface area (Å²) in [5.74, 6) is -2.01. The van der Waals surface area contributed by atoms with Crippen LogP contribution in [-0.2, 0) is 14.3 Å². The Morgan fingerprint density at radius 1 is 1.23 bits per heavy atom. The lowest BCUT2D eigenvalue weighted by molar-refractivity contribution is -0.153. The van der Waals surface area contributed by atoms with E-state index < -0.39 is 23.8 Å². The molecule has 2 aliphatic rings. The maximum absolute atomic E-state index is 11.2. The summed E-state index contributed by atoms with van der Waals surface area (Å²) >= 11 is 0. The summed E-state index contributed by atoms with van der Waals surface area (Å²) in [4.78, 5) is 22.3. The first-order valence-corrected chi connectivity index (χ1v) is 3.93. The predicted molar refractivity (Wildman–Crippen MR) is 45.5 cm³/mol. The molecule has 3 nitrogen and oxygen atoms in total. The molecule has 1 fully saturated rings. The van der Waals surface area contributed by atoms with Crippen LogP contribution in [0.15, 0.2) is 36.5 Å². The molecule has 2 rings (SSSR count). The molecule has 13 heavy (non-hydrogen) atoms. The van der Waals surface area contributed by atoms with Crippen LogP contribution in [0.3, 0.4) is 0 Å². The van der Waals surface area contributed by atoms with Crippen molar-refractivity contribution in [2.75, 3.05) is 0 Å². The van der Waals surface area contributed by atoms with Gasteiger partial charge in [0.2, 0.25) is 0 Å². The average molecular weight is 176 g/mol. The van der Waals surface area contributed by atoms with Gasteiger partial charge in [0.25, 0.3) is 0 Å². The first-order chi connectivity index (χ1) is 6.11. The number of carbonyl (C=O) groups excluding carboxylic acids is 2. The van der Waals surface area contributed by atoms with Gasteiger partial charge in [0.15, 0.2) is 0 Å². The van der Waals surface area contributed by atoms with Crippen molar-refractivity contribution < 1.29 is 14.3 Å². The van der Waals surface area contributed by atoms with Crippen molar-refractivity contribution in [1.29, 1.82) is 0 Å². The van der Waals surface area contributed by atoms with Gasteiger partial charge in [-0.25, -0.2) is 0 Å². The topological polar surface area (TPSA) is 43.4 Å². The third-order valence-corrected chi connectivity index (χ3v) is 2.38. The fraction of sp³-hybridized carbons (Fsp3) is 0.200. The monoisotopic (exact) mass is 176 g/mol. The van der Waals surface area contributed by atoms with Crippen LogP contribution in [0.5, 0.6) is 0 Å². The standard InChI is InChI=1S/C10H8O3/c1-5-3-4-7-8(6(5)2)10(12)13-9(7)11/h3-4,7-8H,1-2H2. The summed E-state index contributed by atoms with van der Waals surface area (Å²) in [5.41, 5.74) is 1.27. The minimum atomic E-state index is -0.537. The highest BCUT2D eigenvalue weighted by molar-refractivity contribution is 6.00. The molecule has 0 radical (unpaired) electrons. The molecular weight excluding hydrogens is 168 g/mol. The highest BCUT2D eigenvalue weighted by atomic mass is 16.6. The maximum atomic E-state index is 11.2. The Morgan fingerprint density at radius 3 is 2.62 bits per heavy atom. The number of esters is 2. The molecule has 0 N–H and O–H groups in total. The minimum absolute atomic E-state index is 0.481. The van der Waals surface area contributed by atoms with E-state index in [1.165, 1.54) is 0 Å². The predicted octanol–water partition coefficient (Wildman–Crippen LogP) is 0.984. The van der Waals surface area contributed by atoms with Gasteiger partial charge in [0.05, 0.1) is 11.8 Å². The second-order valence-corrected chi connectivity index (χ2v) is 3.15. The van der Waals surface area contributed by atoms with Crippen LogP contribution in [0.2, 0.25) is 0 Å². The quantitative estimate of drug-likeness (QED) is 0.408. The van der Waals surface area contributed by atoms with Gasteiger partial charge in [0.1, 0.15) is 0 Å². The highest BCUT2D eigenvalue weighted by Gasteiger charge is 2.46. The Hall–Kier alpha value is -1.64. The molecule has 1 saturated heterocycles. The third kappa shape index (κ3) is 0.967. The van der Waals surface area contributed by atoms with Gasteiger partial charge < -0.3 is 4.74 Å². The minimum Gasteiger partial charge on any atom is -0.392 e. The van der Waals surface area contributed by atoms with Crippen LogP contribution in [0.4, 0.5) is 0 Å². The second-order valence-electron chi connectivity index (χ2n) is 3.15. The van der Waals surface area contributed by atoms with Crippen LogP contribution in [0.25, 0.3) is 0 Å². The summed E-state index contributed by atoms with van der Waals surface area (Å²) in [6.07, 6.45) is 3.35. The molecular formula is C10H8O3. The molecule has 0 bridgehead atoms. The van der Waals surface area contributed by atoms with E-state index in [0.29, 0.717) is 11.1 Å². The Morgan fingerprint density at radius 2 is 1.92 bits per heavy atom. The number of carbonyl (C=O) groups is 2. The third-order valence-electron chi connectivity index (χ3n) is 2.38. The zero-order valence-electron chi connectivity index (χ0n) is 6.95. The molecule has 2 atom stereocenters. The summed E-state index contributed by atoms with van der Waals surface area (Å²) < 4.78 is 4.50. The number of allylic oxidation sites excluding steroid dienone is 2.